The Balaban J connectivity index is 5.23. The predicted octanol–water partition coefficient (Wildman–Crippen LogP) is 0.764. The molecule has 0 amide bonds. The zero-order valence-corrected chi connectivity index (χ0v) is 7.97. The lowest BCUT2D eigenvalue weighted by atomic mass is 10.1. The lowest BCUT2D eigenvalue weighted by Crippen LogP contribution is -1.83. The van der Waals surface area contributed by atoms with Crippen molar-refractivity contribution in [1.29, 1.82) is 0 Å². The second-order valence-electron chi connectivity index (χ2n) is 1.90. The van der Waals surface area contributed by atoms with Crippen molar-refractivity contribution in [3.05, 3.63) is 11.1 Å². The zero-order chi connectivity index (χ0) is 10.8. The first-order valence-electron chi connectivity index (χ1n) is 3.55. The van der Waals surface area contributed by atoms with Gasteiger partial charge >= 0.3 is 0 Å². The molecule has 0 aromatic carbocycles. The summed E-state index contributed by atoms with van der Waals surface area (Å²) in [5.41, 5.74) is 0.609. The molecular formula is C12H8O2. The highest BCUT2D eigenvalue weighted by molar-refractivity contribution is 5.58. The van der Waals surface area contributed by atoms with Crippen LogP contribution in [0.1, 0.15) is 0 Å². The maximum Gasteiger partial charge on any atom is 0.116 e. The largest absolute Gasteiger partial charge is 0.450 e. The minimum atomic E-state index is 0.277. The third-order valence-corrected chi connectivity index (χ3v) is 1.09. The summed E-state index contributed by atoms with van der Waals surface area (Å²) >= 11 is 0. The van der Waals surface area contributed by atoms with Crippen molar-refractivity contribution in [3.8, 4) is 48.7 Å². The number of terminal acetylenes is 2. The van der Waals surface area contributed by atoms with Crippen molar-refractivity contribution in [2.24, 2.45) is 0 Å². The standard InChI is InChI=1S/C12H8O2/c1-5-11(6-2)12(7-9-13-3)8-10-14-4/h1-2H,3-4H3. The van der Waals surface area contributed by atoms with Crippen LogP contribution in [0.2, 0.25) is 0 Å². The Morgan fingerprint density at radius 3 is 1.57 bits per heavy atom. The second-order valence-corrected chi connectivity index (χ2v) is 1.90. The fraction of sp³-hybridized carbons (Fsp3) is 0.167. The van der Waals surface area contributed by atoms with Crippen molar-refractivity contribution in [2.75, 3.05) is 14.2 Å². The van der Waals surface area contributed by atoms with Crippen molar-refractivity contribution >= 4 is 0 Å². The molecule has 0 aliphatic carbocycles. The fourth-order valence-corrected chi connectivity index (χ4v) is 0.546. The number of hydrogen-bond donors (Lipinski definition) is 0. The molecule has 0 saturated carbocycles. The molecule has 0 aromatic rings. The third-order valence-electron chi connectivity index (χ3n) is 1.09. The van der Waals surface area contributed by atoms with Crippen LogP contribution in [0.3, 0.4) is 0 Å². The van der Waals surface area contributed by atoms with Crippen LogP contribution in [0.25, 0.3) is 0 Å². The minimum absolute atomic E-state index is 0.277. The molecule has 0 unspecified atom stereocenters. The lowest BCUT2D eigenvalue weighted by Gasteiger charge is -1.88. The molecule has 0 rings (SSSR count). The lowest BCUT2D eigenvalue weighted by molar-refractivity contribution is 0.371. The van der Waals surface area contributed by atoms with E-state index in [1.165, 1.54) is 14.2 Å². The first-order valence-corrected chi connectivity index (χ1v) is 3.55. The van der Waals surface area contributed by atoms with Gasteiger partial charge in [0.1, 0.15) is 17.8 Å². The van der Waals surface area contributed by atoms with Gasteiger partial charge in [0, 0.05) is 0 Å². The van der Waals surface area contributed by atoms with Crippen molar-refractivity contribution in [3.63, 3.8) is 0 Å². The first kappa shape index (κ1) is 11.6. The Labute approximate surface area is 84.3 Å². The molecule has 0 fully saturated rings. The van der Waals surface area contributed by atoms with E-state index in [4.69, 9.17) is 12.8 Å². The summed E-state index contributed by atoms with van der Waals surface area (Å²) in [6.45, 7) is 0. The van der Waals surface area contributed by atoms with E-state index in [1.807, 2.05) is 0 Å². The van der Waals surface area contributed by atoms with E-state index < -0.39 is 0 Å². The summed E-state index contributed by atoms with van der Waals surface area (Å²) in [5, 5.41) is 0. The van der Waals surface area contributed by atoms with E-state index in [-0.39, 0.29) is 5.57 Å². The molecule has 14 heavy (non-hydrogen) atoms. The van der Waals surface area contributed by atoms with Crippen LogP contribution in [0.4, 0.5) is 0 Å². The average molecular weight is 184 g/mol. The fourth-order valence-electron chi connectivity index (χ4n) is 0.546. The Kier molecular flexibility index (Phi) is 5.99. The first-order chi connectivity index (χ1) is 6.79. The zero-order valence-electron chi connectivity index (χ0n) is 7.97. The molecule has 0 bridgehead atoms. The maximum atomic E-state index is 5.16. The summed E-state index contributed by atoms with van der Waals surface area (Å²) in [6, 6.07) is 0. The number of ether oxygens (including phenoxy) is 2. The molecule has 0 saturated heterocycles. The van der Waals surface area contributed by atoms with Gasteiger partial charge < -0.3 is 9.47 Å². The van der Waals surface area contributed by atoms with Crippen molar-refractivity contribution < 1.29 is 9.47 Å². The van der Waals surface area contributed by atoms with E-state index in [9.17, 15) is 0 Å². The van der Waals surface area contributed by atoms with E-state index in [1.54, 1.807) is 0 Å². The summed E-state index contributed by atoms with van der Waals surface area (Å²) in [6.07, 6.45) is 15.0. The smallest absolute Gasteiger partial charge is 0.116 e. The summed E-state index contributed by atoms with van der Waals surface area (Å²) in [4.78, 5) is 0. The predicted molar refractivity (Wildman–Crippen MR) is 54.3 cm³/mol. The van der Waals surface area contributed by atoms with Gasteiger partial charge in [-0.2, -0.15) is 0 Å². The van der Waals surface area contributed by atoms with Gasteiger partial charge in [-0.15, -0.1) is 12.8 Å². The maximum absolute atomic E-state index is 5.16. The molecule has 2 heteroatoms. The van der Waals surface area contributed by atoms with E-state index in [0.717, 1.165) is 0 Å². The van der Waals surface area contributed by atoms with Crippen LogP contribution in [0.5, 0.6) is 0 Å². The Bertz CT molecular complexity index is 379. The number of methoxy groups -OCH3 is 2. The molecule has 0 radical (unpaired) electrons. The van der Waals surface area contributed by atoms with Gasteiger partial charge in [-0.1, -0.05) is 11.8 Å². The van der Waals surface area contributed by atoms with Crippen LogP contribution >= 0.6 is 0 Å². The SMILES string of the molecule is C#CC(C#C)=C(C#COC)C#COC. The molecule has 0 aromatic heterocycles. The van der Waals surface area contributed by atoms with E-state index in [2.05, 4.69) is 45.4 Å². The van der Waals surface area contributed by atoms with E-state index in [0.29, 0.717) is 5.57 Å². The molecule has 0 aliphatic heterocycles. The average Bonchev–Trinajstić information content (AvgIpc) is 2.22. The van der Waals surface area contributed by atoms with Gasteiger partial charge in [0.2, 0.25) is 0 Å². The quantitative estimate of drug-likeness (QED) is 0.517. The van der Waals surface area contributed by atoms with E-state index >= 15 is 0 Å². The van der Waals surface area contributed by atoms with Gasteiger partial charge in [0.15, 0.2) is 0 Å². The second kappa shape index (κ2) is 7.24. The highest BCUT2D eigenvalue weighted by atomic mass is 16.5. The molecule has 0 atom stereocenters. The number of allylic oxidation sites excluding steroid dienone is 2. The normalized spacial score (nSPS) is 6.00. The molecule has 0 spiro atoms. The highest BCUT2D eigenvalue weighted by Crippen LogP contribution is 1.99. The van der Waals surface area contributed by atoms with Crippen LogP contribution in [-0.2, 0) is 9.47 Å². The highest BCUT2D eigenvalue weighted by Gasteiger charge is 1.95. The Morgan fingerprint density at radius 2 is 1.29 bits per heavy atom. The van der Waals surface area contributed by atoms with Crippen LogP contribution in [0, 0.1) is 48.7 Å². The number of hydrogen-bond acceptors (Lipinski definition) is 2. The molecule has 68 valence electrons. The van der Waals surface area contributed by atoms with Gasteiger partial charge in [-0.25, -0.2) is 0 Å². The molecule has 0 aliphatic rings. The third kappa shape index (κ3) is 3.82. The van der Waals surface area contributed by atoms with Gasteiger partial charge in [0.25, 0.3) is 0 Å². The van der Waals surface area contributed by atoms with Crippen LogP contribution in [0.15, 0.2) is 11.1 Å². The summed E-state index contributed by atoms with van der Waals surface area (Å²) < 4.78 is 9.10. The van der Waals surface area contributed by atoms with Gasteiger partial charge in [-0.05, 0) is 11.8 Å². The number of rotatable bonds is 0. The molecular weight excluding hydrogens is 176 g/mol. The summed E-state index contributed by atoms with van der Waals surface area (Å²) in [7, 11) is 2.86. The molecule has 0 heterocycles. The van der Waals surface area contributed by atoms with Gasteiger partial charge in [-0.3, -0.25) is 0 Å². The topological polar surface area (TPSA) is 18.5 Å². The molecule has 2 nitrogen and oxygen atoms in total. The Hall–Kier alpha value is -2.42. The monoisotopic (exact) mass is 184 g/mol. The minimum Gasteiger partial charge on any atom is -0.450 e. The van der Waals surface area contributed by atoms with Crippen LogP contribution < -0.4 is 0 Å². The van der Waals surface area contributed by atoms with Gasteiger partial charge in [0.05, 0.1) is 19.8 Å². The molecule has 0 N–H and O–H groups in total. The van der Waals surface area contributed by atoms with Crippen molar-refractivity contribution in [1.82, 2.24) is 0 Å². The van der Waals surface area contributed by atoms with Crippen molar-refractivity contribution in [2.45, 2.75) is 0 Å². The summed E-state index contributed by atoms with van der Waals surface area (Å²) in [5.74, 6) is 9.74. The Morgan fingerprint density at radius 1 is 0.857 bits per heavy atom. The van der Waals surface area contributed by atoms with Crippen LogP contribution in [-0.4, -0.2) is 14.2 Å².